The van der Waals surface area contributed by atoms with Crippen molar-refractivity contribution in [2.24, 2.45) is 0 Å². The quantitative estimate of drug-likeness (QED) is 0.803. The van der Waals surface area contributed by atoms with Gasteiger partial charge in [-0.1, -0.05) is 41.9 Å². The fraction of sp³-hybridized carbons (Fsp3) is 0.222. The normalized spacial score (nSPS) is 25.7. The highest BCUT2D eigenvalue weighted by atomic mass is 35.5. The van der Waals surface area contributed by atoms with Gasteiger partial charge in [0.05, 0.1) is 0 Å². The maximum absolute atomic E-state index is 12.5. The van der Waals surface area contributed by atoms with Crippen LogP contribution in [0.2, 0.25) is 5.02 Å². The smallest absolute Gasteiger partial charge is 0.256 e. The number of carbonyl (C=O) groups excluding carboxylic acids is 2. The Balaban J connectivity index is 2.07. The Morgan fingerprint density at radius 1 is 1.17 bits per heavy atom. The SMILES string of the molecule is CN1C(=O)CN2C(=O)[C@@H](O)[C@]2(c2ccccc2)c2cc(Cl)ccc21. The molecule has 2 aromatic carbocycles. The summed E-state index contributed by atoms with van der Waals surface area (Å²) in [5, 5.41) is 11.2. The molecule has 4 rings (SSSR count). The third kappa shape index (κ3) is 1.74. The molecule has 2 aromatic rings. The zero-order valence-corrected chi connectivity index (χ0v) is 13.7. The number of rotatable bonds is 1. The minimum absolute atomic E-state index is 0.0897. The van der Waals surface area contributed by atoms with Crippen molar-refractivity contribution in [3.05, 3.63) is 64.7 Å². The lowest BCUT2D eigenvalue weighted by molar-refractivity contribution is -0.181. The number of aliphatic hydroxyl groups is 1. The molecule has 6 heteroatoms. The number of aliphatic hydroxyl groups excluding tert-OH is 1. The van der Waals surface area contributed by atoms with Crippen LogP contribution < -0.4 is 4.90 Å². The molecule has 1 saturated heterocycles. The van der Waals surface area contributed by atoms with Gasteiger partial charge in [-0.05, 0) is 23.8 Å². The van der Waals surface area contributed by atoms with Crippen LogP contribution in [0.4, 0.5) is 5.69 Å². The zero-order chi connectivity index (χ0) is 17.1. The molecule has 2 aliphatic rings. The Hall–Kier alpha value is -2.37. The summed E-state index contributed by atoms with van der Waals surface area (Å²) in [5.74, 6) is -0.662. The Morgan fingerprint density at radius 3 is 2.58 bits per heavy atom. The number of hydrogen-bond acceptors (Lipinski definition) is 3. The van der Waals surface area contributed by atoms with Gasteiger partial charge in [0, 0.05) is 23.3 Å². The highest BCUT2D eigenvalue weighted by Crippen LogP contribution is 2.51. The third-order valence-electron chi connectivity index (χ3n) is 4.93. The van der Waals surface area contributed by atoms with Crippen molar-refractivity contribution in [1.82, 2.24) is 4.90 Å². The minimum Gasteiger partial charge on any atom is -0.380 e. The fourth-order valence-electron chi connectivity index (χ4n) is 3.72. The van der Waals surface area contributed by atoms with Crippen LogP contribution in [0.5, 0.6) is 0 Å². The highest BCUT2D eigenvalue weighted by Gasteiger charge is 2.64. The number of β-lactam (4-membered cyclic amide) rings is 1. The molecule has 5 nitrogen and oxygen atoms in total. The van der Waals surface area contributed by atoms with E-state index in [-0.39, 0.29) is 12.5 Å². The second-order valence-electron chi connectivity index (χ2n) is 6.07. The van der Waals surface area contributed by atoms with E-state index in [2.05, 4.69) is 0 Å². The summed E-state index contributed by atoms with van der Waals surface area (Å²) in [7, 11) is 1.66. The number of fused-ring (bicyclic) bond motifs is 3. The van der Waals surface area contributed by atoms with Crippen LogP contribution >= 0.6 is 11.6 Å². The number of anilines is 1. The molecule has 1 N–H and O–H groups in total. The Bertz CT molecular complexity index is 855. The molecule has 2 atom stereocenters. The lowest BCUT2D eigenvalue weighted by Crippen LogP contribution is -2.72. The van der Waals surface area contributed by atoms with Crippen molar-refractivity contribution in [1.29, 1.82) is 0 Å². The summed E-state index contributed by atoms with van der Waals surface area (Å²) >= 11 is 6.20. The van der Waals surface area contributed by atoms with Gasteiger partial charge in [0.2, 0.25) is 5.91 Å². The van der Waals surface area contributed by atoms with Crippen molar-refractivity contribution in [3.8, 4) is 0 Å². The second-order valence-corrected chi connectivity index (χ2v) is 6.51. The van der Waals surface area contributed by atoms with Crippen LogP contribution in [0.3, 0.4) is 0 Å². The maximum Gasteiger partial charge on any atom is 0.256 e. The highest BCUT2D eigenvalue weighted by molar-refractivity contribution is 6.30. The maximum atomic E-state index is 12.5. The number of likely N-dealkylation sites (N-methyl/N-ethyl adjacent to an activating group) is 1. The first-order valence-corrected chi connectivity index (χ1v) is 7.97. The van der Waals surface area contributed by atoms with Gasteiger partial charge in [0.25, 0.3) is 5.91 Å². The number of hydrogen-bond donors (Lipinski definition) is 1. The minimum atomic E-state index is -1.25. The molecule has 24 heavy (non-hydrogen) atoms. The number of amides is 2. The van der Waals surface area contributed by atoms with Crippen LogP contribution in [0.1, 0.15) is 11.1 Å². The van der Waals surface area contributed by atoms with E-state index < -0.39 is 17.6 Å². The first-order chi connectivity index (χ1) is 11.5. The predicted octanol–water partition coefficient (Wildman–Crippen LogP) is 1.76. The van der Waals surface area contributed by atoms with Gasteiger partial charge in [-0.3, -0.25) is 9.59 Å². The van der Waals surface area contributed by atoms with Gasteiger partial charge in [-0.2, -0.15) is 0 Å². The topological polar surface area (TPSA) is 60.9 Å². The van der Waals surface area contributed by atoms with Crippen LogP contribution in [0.25, 0.3) is 0 Å². The van der Waals surface area contributed by atoms with E-state index >= 15 is 0 Å². The van der Waals surface area contributed by atoms with E-state index in [9.17, 15) is 14.7 Å². The number of halogens is 1. The van der Waals surface area contributed by atoms with Crippen molar-refractivity contribution in [2.45, 2.75) is 11.6 Å². The van der Waals surface area contributed by atoms with Gasteiger partial charge < -0.3 is 14.9 Å². The van der Waals surface area contributed by atoms with E-state index in [4.69, 9.17) is 11.6 Å². The first kappa shape index (κ1) is 15.2. The van der Waals surface area contributed by atoms with Crippen LogP contribution in [-0.4, -0.2) is 41.5 Å². The second kappa shape index (κ2) is 5.06. The molecule has 0 spiro atoms. The van der Waals surface area contributed by atoms with Crippen LogP contribution in [0, 0.1) is 0 Å². The van der Waals surface area contributed by atoms with Gasteiger partial charge in [-0.25, -0.2) is 0 Å². The van der Waals surface area contributed by atoms with Crippen molar-refractivity contribution in [3.63, 3.8) is 0 Å². The first-order valence-electron chi connectivity index (χ1n) is 7.59. The summed E-state index contributed by atoms with van der Waals surface area (Å²) in [4.78, 5) is 27.8. The molecule has 2 amide bonds. The van der Waals surface area contributed by atoms with E-state index in [0.29, 0.717) is 16.3 Å². The molecular weight excluding hydrogens is 328 g/mol. The molecule has 0 aliphatic carbocycles. The molecule has 2 aliphatic heterocycles. The van der Waals surface area contributed by atoms with Crippen molar-refractivity contribution in [2.75, 3.05) is 18.5 Å². The molecule has 0 radical (unpaired) electrons. The predicted molar refractivity (Wildman–Crippen MR) is 89.8 cm³/mol. The van der Waals surface area contributed by atoms with E-state index in [0.717, 1.165) is 5.56 Å². The summed E-state index contributed by atoms with van der Waals surface area (Å²) in [6.45, 7) is -0.0897. The number of carbonyl (C=O) groups is 2. The molecule has 0 bridgehead atoms. The van der Waals surface area contributed by atoms with Gasteiger partial charge in [-0.15, -0.1) is 0 Å². The van der Waals surface area contributed by atoms with Crippen molar-refractivity contribution < 1.29 is 14.7 Å². The summed E-state index contributed by atoms with van der Waals surface area (Å²) in [5.41, 5.74) is 0.951. The van der Waals surface area contributed by atoms with E-state index in [1.54, 1.807) is 25.2 Å². The molecule has 0 aromatic heterocycles. The van der Waals surface area contributed by atoms with E-state index in [1.807, 2.05) is 30.3 Å². The Kier molecular flexibility index (Phi) is 3.20. The number of nitrogens with zero attached hydrogens (tertiary/aromatic N) is 2. The van der Waals surface area contributed by atoms with Gasteiger partial charge in [0.1, 0.15) is 12.1 Å². The molecule has 0 unspecified atom stereocenters. The fourth-order valence-corrected chi connectivity index (χ4v) is 3.89. The third-order valence-corrected chi connectivity index (χ3v) is 5.17. The molecule has 2 heterocycles. The molecule has 1 fully saturated rings. The van der Waals surface area contributed by atoms with Gasteiger partial charge in [0.15, 0.2) is 6.10 Å². The van der Waals surface area contributed by atoms with E-state index in [1.165, 1.54) is 9.80 Å². The molecular formula is C18H15ClN2O3. The molecule has 122 valence electrons. The average molecular weight is 343 g/mol. The Labute approximate surface area is 144 Å². The van der Waals surface area contributed by atoms with Crippen LogP contribution in [-0.2, 0) is 15.1 Å². The molecule has 0 saturated carbocycles. The monoisotopic (exact) mass is 342 g/mol. The summed E-state index contributed by atoms with van der Waals surface area (Å²) < 4.78 is 0. The number of benzene rings is 2. The lowest BCUT2D eigenvalue weighted by atomic mass is 9.70. The average Bonchev–Trinajstić information content (AvgIpc) is 2.68. The zero-order valence-electron chi connectivity index (χ0n) is 12.9. The Morgan fingerprint density at radius 2 is 1.88 bits per heavy atom. The van der Waals surface area contributed by atoms with Crippen LogP contribution in [0.15, 0.2) is 48.5 Å². The lowest BCUT2D eigenvalue weighted by Gasteiger charge is -2.55. The van der Waals surface area contributed by atoms with Crippen molar-refractivity contribution >= 4 is 29.1 Å². The summed E-state index contributed by atoms with van der Waals surface area (Å²) in [6, 6.07) is 14.4. The standard InChI is InChI=1S/C18H15ClN2O3/c1-20-14-8-7-12(19)9-13(14)18(11-5-3-2-4-6-11)16(23)17(24)21(18)10-15(20)22/h2-9,16,23H,10H2,1H3/t16-,18+/m1/s1. The largest absolute Gasteiger partial charge is 0.380 e. The van der Waals surface area contributed by atoms with Gasteiger partial charge >= 0.3 is 0 Å². The summed E-state index contributed by atoms with van der Waals surface area (Å²) in [6.07, 6.45) is -1.25.